The Kier molecular flexibility index (Phi) is 3.30. The molecule has 0 fully saturated rings. The summed E-state index contributed by atoms with van der Waals surface area (Å²) >= 11 is 8.44. The van der Waals surface area contributed by atoms with Crippen molar-refractivity contribution in [3.05, 3.63) is 27.6 Å². The van der Waals surface area contributed by atoms with Crippen molar-refractivity contribution in [3.8, 4) is 0 Å². The summed E-state index contributed by atoms with van der Waals surface area (Å²) in [5, 5.41) is 1.89. The molecule has 0 amide bonds. The van der Waals surface area contributed by atoms with Gasteiger partial charge >= 0.3 is 0 Å². The van der Waals surface area contributed by atoms with Gasteiger partial charge in [0.15, 0.2) is 0 Å². The van der Waals surface area contributed by atoms with E-state index in [1.807, 2.05) is 30.7 Å². The predicted octanol–water partition coefficient (Wildman–Crippen LogP) is 3.14. The van der Waals surface area contributed by atoms with Gasteiger partial charge in [0.25, 0.3) is 0 Å². The Balaban J connectivity index is 2.75. The summed E-state index contributed by atoms with van der Waals surface area (Å²) in [7, 11) is 3.98. The molecule has 3 nitrogen and oxygen atoms in total. The van der Waals surface area contributed by atoms with E-state index in [1.54, 1.807) is 0 Å². The molecule has 0 aliphatic rings. The minimum atomic E-state index is -0.104. The average Bonchev–Trinajstić information content (AvgIpc) is 2.55. The third-order valence-corrected chi connectivity index (χ3v) is 3.24. The first-order valence-electron chi connectivity index (χ1n) is 5.00. The molecule has 1 aromatic carbocycles. The van der Waals surface area contributed by atoms with Crippen LogP contribution < -0.4 is 5.01 Å². The van der Waals surface area contributed by atoms with Crippen LogP contribution in [0.25, 0.3) is 11.0 Å². The van der Waals surface area contributed by atoms with Crippen LogP contribution in [0.4, 0.5) is 0 Å². The van der Waals surface area contributed by atoms with Gasteiger partial charge in [0, 0.05) is 17.7 Å². The van der Waals surface area contributed by atoms with Crippen LogP contribution in [0.5, 0.6) is 0 Å². The molecular weight excluding hydrogens is 336 g/mol. The van der Waals surface area contributed by atoms with Gasteiger partial charge in [-0.1, -0.05) is 0 Å². The number of benzene rings is 1. The van der Waals surface area contributed by atoms with Crippen molar-refractivity contribution in [3.63, 3.8) is 0 Å². The fourth-order valence-electron chi connectivity index (χ4n) is 1.74. The number of aromatic nitrogens is 2. The SMILES string of the molecule is CC(Cl)c1nc2cc(I)ccc2n1N(C)C. The van der Waals surface area contributed by atoms with E-state index < -0.39 is 0 Å². The maximum absolute atomic E-state index is 6.15. The van der Waals surface area contributed by atoms with Crippen LogP contribution in [0.3, 0.4) is 0 Å². The van der Waals surface area contributed by atoms with E-state index in [4.69, 9.17) is 11.6 Å². The maximum atomic E-state index is 6.15. The second-order valence-electron chi connectivity index (χ2n) is 3.88. The Hall–Kier alpha value is -0.490. The number of imidazole rings is 1. The van der Waals surface area contributed by atoms with E-state index in [-0.39, 0.29) is 5.38 Å². The lowest BCUT2D eigenvalue weighted by Crippen LogP contribution is -2.26. The number of halogens is 2. The summed E-state index contributed by atoms with van der Waals surface area (Å²) in [6.45, 7) is 1.94. The molecule has 0 aliphatic heterocycles. The summed E-state index contributed by atoms with van der Waals surface area (Å²) in [4.78, 5) is 4.58. The molecule has 1 heterocycles. The standard InChI is InChI=1S/C11H13ClIN3/c1-7(12)11-14-9-6-8(13)4-5-10(9)16(11)15(2)3/h4-7H,1-3H3. The van der Waals surface area contributed by atoms with E-state index in [9.17, 15) is 0 Å². The molecule has 16 heavy (non-hydrogen) atoms. The van der Waals surface area contributed by atoms with Gasteiger partial charge in [-0.2, -0.15) is 0 Å². The van der Waals surface area contributed by atoms with Crippen LogP contribution in [-0.2, 0) is 0 Å². The van der Waals surface area contributed by atoms with Crippen LogP contribution in [0.1, 0.15) is 18.1 Å². The molecule has 0 saturated carbocycles. The van der Waals surface area contributed by atoms with E-state index in [0.717, 1.165) is 16.9 Å². The van der Waals surface area contributed by atoms with Crippen molar-refractivity contribution in [2.24, 2.45) is 0 Å². The molecule has 1 unspecified atom stereocenters. The molecule has 0 aliphatic carbocycles. The smallest absolute Gasteiger partial charge is 0.146 e. The molecule has 86 valence electrons. The van der Waals surface area contributed by atoms with E-state index in [1.165, 1.54) is 3.57 Å². The molecule has 0 spiro atoms. The molecule has 2 aromatic rings. The van der Waals surface area contributed by atoms with Crippen LogP contribution in [0.2, 0.25) is 0 Å². The van der Waals surface area contributed by atoms with Gasteiger partial charge in [0.2, 0.25) is 0 Å². The summed E-state index contributed by atoms with van der Waals surface area (Å²) in [5.74, 6) is 0.878. The Morgan fingerprint density at radius 2 is 2.12 bits per heavy atom. The Morgan fingerprint density at radius 1 is 1.44 bits per heavy atom. The van der Waals surface area contributed by atoms with E-state index in [0.29, 0.717) is 0 Å². The minimum absolute atomic E-state index is 0.104. The normalized spacial score (nSPS) is 13.1. The Morgan fingerprint density at radius 3 is 2.69 bits per heavy atom. The quantitative estimate of drug-likeness (QED) is 0.613. The molecule has 1 aromatic heterocycles. The molecule has 2 rings (SSSR count). The van der Waals surface area contributed by atoms with Crippen LogP contribution >= 0.6 is 34.2 Å². The van der Waals surface area contributed by atoms with Crippen LogP contribution in [-0.4, -0.2) is 23.8 Å². The van der Waals surface area contributed by atoms with Crippen molar-refractivity contribution in [2.75, 3.05) is 19.1 Å². The van der Waals surface area contributed by atoms with E-state index >= 15 is 0 Å². The Bertz CT molecular complexity index is 519. The lowest BCUT2D eigenvalue weighted by atomic mass is 10.3. The van der Waals surface area contributed by atoms with E-state index in [2.05, 4.69) is 45.8 Å². The third-order valence-electron chi connectivity index (χ3n) is 2.37. The summed E-state index contributed by atoms with van der Waals surface area (Å²) in [5.41, 5.74) is 2.08. The van der Waals surface area contributed by atoms with Crippen molar-refractivity contribution in [2.45, 2.75) is 12.3 Å². The summed E-state index contributed by atoms with van der Waals surface area (Å²) < 4.78 is 3.23. The minimum Gasteiger partial charge on any atom is -0.317 e. The Labute approximate surface area is 114 Å². The zero-order chi connectivity index (χ0) is 11.9. The lowest BCUT2D eigenvalue weighted by Gasteiger charge is -2.19. The zero-order valence-electron chi connectivity index (χ0n) is 9.41. The molecule has 0 saturated heterocycles. The first kappa shape index (κ1) is 12.0. The van der Waals surface area contributed by atoms with Gasteiger partial charge in [0.05, 0.1) is 16.4 Å². The number of hydrogen-bond donors (Lipinski definition) is 0. The van der Waals surface area contributed by atoms with Crippen LogP contribution in [0.15, 0.2) is 18.2 Å². The first-order chi connectivity index (χ1) is 7.50. The second-order valence-corrected chi connectivity index (χ2v) is 5.78. The fourth-order valence-corrected chi connectivity index (χ4v) is 2.35. The highest BCUT2D eigenvalue weighted by Gasteiger charge is 2.16. The highest BCUT2D eigenvalue weighted by molar-refractivity contribution is 14.1. The van der Waals surface area contributed by atoms with Crippen molar-refractivity contribution in [1.82, 2.24) is 9.66 Å². The molecule has 0 N–H and O–H groups in total. The largest absolute Gasteiger partial charge is 0.317 e. The fraction of sp³-hybridized carbons (Fsp3) is 0.364. The number of fused-ring (bicyclic) bond motifs is 1. The molecular formula is C11H13ClIN3. The first-order valence-corrected chi connectivity index (χ1v) is 6.52. The highest BCUT2D eigenvalue weighted by atomic mass is 127. The van der Waals surface area contributed by atoms with Gasteiger partial charge in [-0.05, 0) is 47.7 Å². The van der Waals surface area contributed by atoms with Gasteiger partial charge in [-0.3, -0.25) is 0 Å². The third kappa shape index (κ3) is 2.00. The summed E-state index contributed by atoms with van der Waals surface area (Å²) in [6, 6.07) is 6.22. The number of nitrogens with zero attached hydrogens (tertiary/aromatic N) is 3. The molecule has 0 bridgehead atoms. The second kappa shape index (κ2) is 4.41. The molecule has 5 heteroatoms. The van der Waals surface area contributed by atoms with Gasteiger partial charge in [-0.15, -0.1) is 11.6 Å². The number of rotatable bonds is 2. The van der Waals surface area contributed by atoms with Gasteiger partial charge in [0.1, 0.15) is 5.82 Å². The number of alkyl halides is 1. The lowest BCUT2D eigenvalue weighted by molar-refractivity contribution is 0.694. The predicted molar refractivity (Wildman–Crippen MR) is 76.8 cm³/mol. The topological polar surface area (TPSA) is 21.1 Å². The zero-order valence-corrected chi connectivity index (χ0v) is 12.3. The van der Waals surface area contributed by atoms with Gasteiger partial charge < -0.3 is 5.01 Å². The number of hydrogen-bond acceptors (Lipinski definition) is 2. The van der Waals surface area contributed by atoms with Crippen LogP contribution in [0, 0.1) is 3.57 Å². The van der Waals surface area contributed by atoms with Gasteiger partial charge in [-0.25, -0.2) is 9.66 Å². The molecule has 0 radical (unpaired) electrons. The maximum Gasteiger partial charge on any atom is 0.146 e. The highest BCUT2D eigenvalue weighted by Crippen LogP contribution is 2.25. The van der Waals surface area contributed by atoms with Crippen molar-refractivity contribution < 1.29 is 0 Å². The average molecular weight is 350 g/mol. The van der Waals surface area contributed by atoms with Crippen molar-refractivity contribution in [1.29, 1.82) is 0 Å². The van der Waals surface area contributed by atoms with Crippen molar-refractivity contribution >= 4 is 45.2 Å². The molecule has 1 atom stereocenters. The monoisotopic (exact) mass is 349 g/mol. The summed E-state index contributed by atoms with van der Waals surface area (Å²) in [6.07, 6.45) is 0.